The number of carbonyl (C=O) groups is 2. The first-order valence-electron chi connectivity index (χ1n) is 9.73. The van der Waals surface area contributed by atoms with Crippen LogP contribution in [0.4, 0.5) is 10.1 Å². The summed E-state index contributed by atoms with van der Waals surface area (Å²) in [6, 6.07) is 14.2. The van der Waals surface area contributed by atoms with Crippen molar-refractivity contribution in [1.29, 1.82) is 5.26 Å². The molecule has 1 aromatic heterocycles. The van der Waals surface area contributed by atoms with Crippen LogP contribution in [-0.4, -0.2) is 40.0 Å². The second-order valence-corrected chi connectivity index (χ2v) is 8.20. The Bertz CT molecular complexity index is 1160. The maximum atomic E-state index is 13.3. The third-order valence-electron chi connectivity index (χ3n) is 5.04. The summed E-state index contributed by atoms with van der Waals surface area (Å²) in [5.41, 5.74) is 1.39. The number of halogens is 1. The maximum absolute atomic E-state index is 13.3. The largest absolute Gasteiger partial charge is 0.338 e. The molecule has 9 heteroatoms. The monoisotopic (exact) mass is 435 g/mol. The zero-order valence-electron chi connectivity index (χ0n) is 16.4. The van der Waals surface area contributed by atoms with E-state index in [1.807, 2.05) is 6.07 Å². The summed E-state index contributed by atoms with van der Waals surface area (Å²) in [6.45, 7) is 1.13. The van der Waals surface area contributed by atoms with Gasteiger partial charge in [0.05, 0.1) is 11.6 Å². The van der Waals surface area contributed by atoms with Crippen LogP contribution in [0.3, 0.4) is 0 Å². The van der Waals surface area contributed by atoms with E-state index in [2.05, 4.69) is 15.5 Å². The van der Waals surface area contributed by atoms with E-state index in [0.717, 1.165) is 12.8 Å². The van der Waals surface area contributed by atoms with Crippen LogP contribution in [0.1, 0.15) is 49.5 Å². The molecule has 2 aromatic carbocycles. The lowest BCUT2D eigenvalue weighted by atomic mass is 9.98. The van der Waals surface area contributed by atoms with Gasteiger partial charge >= 0.3 is 0 Å². The Morgan fingerprint density at radius 3 is 2.74 bits per heavy atom. The summed E-state index contributed by atoms with van der Waals surface area (Å²) < 4.78 is 13.3. The number of rotatable bonds is 4. The molecule has 31 heavy (non-hydrogen) atoms. The normalized spacial score (nSPS) is 15.9. The highest BCUT2D eigenvalue weighted by molar-refractivity contribution is 7.13. The summed E-state index contributed by atoms with van der Waals surface area (Å²) in [6.07, 6.45) is 1.66. The van der Waals surface area contributed by atoms with Gasteiger partial charge in [0.1, 0.15) is 10.8 Å². The summed E-state index contributed by atoms with van der Waals surface area (Å²) >= 11 is 1.18. The van der Waals surface area contributed by atoms with Gasteiger partial charge in [0.2, 0.25) is 5.01 Å². The first-order chi connectivity index (χ1) is 15.0. The Balaban J connectivity index is 1.42. The number of piperidine rings is 1. The Morgan fingerprint density at radius 2 is 2.00 bits per heavy atom. The van der Waals surface area contributed by atoms with Crippen LogP contribution in [0, 0.1) is 17.1 Å². The lowest BCUT2D eigenvalue weighted by Gasteiger charge is -2.31. The number of anilines is 1. The number of aromatic nitrogens is 2. The Morgan fingerprint density at radius 1 is 1.19 bits per heavy atom. The molecule has 0 aliphatic carbocycles. The van der Waals surface area contributed by atoms with E-state index in [-0.39, 0.29) is 16.8 Å². The molecule has 0 saturated carbocycles. The lowest BCUT2D eigenvalue weighted by molar-refractivity contribution is 0.0706. The van der Waals surface area contributed by atoms with Crippen LogP contribution in [0.2, 0.25) is 0 Å². The minimum Gasteiger partial charge on any atom is -0.338 e. The van der Waals surface area contributed by atoms with Gasteiger partial charge in [-0.1, -0.05) is 17.4 Å². The zero-order valence-corrected chi connectivity index (χ0v) is 17.2. The second-order valence-electron chi connectivity index (χ2n) is 7.19. The number of carbonyl (C=O) groups excluding carboxylic acids is 2. The van der Waals surface area contributed by atoms with Crippen molar-refractivity contribution in [3.63, 3.8) is 0 Å². The molecule has 2 amide bonds. The van der Waals surface area contributed by atoms with Crippen LogP contribution in [0.15, 0.2) is 48.5 Å². The summed E-state index contributed by atoms with van der Waals surface area (Å²) in [5.74, 6) is -0.993. The number of benzene rings is 2. The first-order valence-corrected chi connectivity index (χ1v) is 10.5. The summed E-state index contributed by atoms with van der Waals surface area (Å²) in [5, 5.41) is 20.6. The lowest BCUT2D eigenvalue weighted by Crippen LogP contribution is -2.39. The maximum Gasteiger partial charge on any atom is 0.286 e. The molecule has 7 nitrogen and oxygen atoms in total. The smallest absolute Gasteiger partial charge is 0.286 e. The van der Waals surface area contributed by atoms with Gasteiger partial charge < -0.3 is 10.2 Å². The number of nitriles is 1. The van der Waals surface area contributed by atoms with Gasteiger partial charge in [0, 0.05) is 30.3 Å². The van der Waals surface area contributed by atoms with E-state index in [1.165, 1.54) is 29.5 Å². The molecule has 0 unspecified atom stereocenters. The molecule has 0 spiro atoms. The quantitative estimate of drug-likeness (QED) is 0.672. The molecule has 0 bridgehead atoms. The van der Waals surface area contributed by atoms with Gasteiger partial charge in [0.25, 0.3) is 11.8 Å². The highest BCUT2D eigenvalue weighted by atomic mass is 32.1. The number of amides is 2. The first kappa shape index (κ1) is 20.6. The van der Waals surface area contributed by atoms with Gasteiger partial charge in [-0.3, -0.25) is 9.59 Å². The number of nitrogens with one attached hydrogen (secondary N) is 1. The van der Waals surface area contributed by atoms with Crippen molar-refractivity contribution < 1.29 is 14.0 Å². The predicted molar refractivity (Wildman–Crippen MR) is 113 cm³/mol. The van der Waals surface area contributed by atoms with Crippen molar-refractivity contribution in [2.75, 3.05) is 18.4 Å². The molecule has 1 aliphatic rings. The Kier molecular flexibility index (Phi) is 6.00. The summed E-state index contributed by atoms with van der Waals surface area (Å²) in [7, 11) is 0. The fraction of sp³-hybridized carbons (Fsp3) is 0.227. The highest BCUT2D eigenvalue weighted by Gasteiger charge is 2.28. The fourth-order valence-electron chi connectivity index (χ4n) is 3.48. The van der Waals surface area contributed by atoms with Crippen LogP contribution >= 0.6 is 11.3 Å². The predicted octanol–water partition coefficient (Wildman–Crippen LogP) is 3.82. The average molecular weight is 435 g/mol. The number of nitrogens with zero attached hydrogens (tertiary/aromatic N) is 4. The van der Waals surface area contributed by atoms with Gasteiger partial charge in [-0.15, -0.1) is 10.2 Å². The number of likely N-dealkylation sites (tertiary alicyclic amines) is 1. The van der Waals surface area contributed by atoms with Gasteiger partial charge in [-0.05, 0) is 55.3 Å². The molecule has 1 fully saturated rings. The topological polar surface area (TPSA) is 99.0 Å². The van der Waals surface area contributed by atoms with Crippen molar-refractivity contribution in [2.24, 2.45) is 0 Å². The van der Waals surface area contributed by atoms with E-state index in [0.29, 0.717) is 34.9 Å². The molecule has 1 N–H and O–H groups in total. The Labute approximate surface area is 182 Å². The molecule has 2 heterocycles. The molecular formula is C22H18FN5O2S. The van der Waals surface area contributed by atoms with E-state index < -0.39 is 11.7 Å². The molecule has 4 rings (SSSR count). The Hall–Kier alpha value is -3.64. The van der Waals surface area contributed by atoms with Gasteiger partial charge in [-0.2, -0.15) is 5.26 Å². The van der Waals surface area contributed by atoms with Crippen LogP contribution in [0.25, 0.3) is 0 Å². The van der Waals surface area contributed by atoms with Crippen molar-refractivity contribution >= 4 is 28.8 Å². The molecule has 1 aliphatic heterocycles. The number of hydrogen-bond acceptors (Lipinski definition) is 6. The van der Waals surface area contributed by atoms with Gasteiger partial charge in [-0.25, -0.2) is 4.39 Å². The minimum atomic E-state index is -0.448. The number of hydrogen-bond donors (Lipinski definition) is 1. The molecule has 0 radical (unpaired) electrons. The fourth-order valence-corrected chi connectivity index (χ4v) is 4.34. The SMILES string of the molecule is N#Cc1ccc(C(=O)N2CCC[C@H](c3nnc(C(=O)Nc4cccc(F)c4)s3)C2)cc1. The van der Waals surface area contributed by atoms with Gasteiger partial charge in [0.15, 0.2) is 0 Å². The van der Waals surface area contributed by atoms with E-state index in [4.69, 9.17) is 5.26 Å². The van der Waals surface area contributed by atoms with Crippen LogP contribution < -0.4 is 5.32 Å². The van der Waals surface area contributed by atoms with Crippen molar-refractivity contribution in [1.82, 2.24) is 15.1 Å². The average Bonchev–Trinajstić information content (AvgIpc) is 3.29. The van der Waals surface area contributed by atoms with Crippen LogP contribution in [0.5, 0.6) is 0 Å². The van der Waals surface area contributed by atoms with Crippen molar-refractivity contribution in [3.8, 4) is 6.07 Å². The molecule has 1 atom stereocenters. The van der Waals surface area contributed by atoms with Crippen LogP contribution in [-0.2, 0) is 0 Å². The van der Waals surface area contributed by atoms with E-state index >= 15 is 0 Å². The minimum absolute atomic E-state index is 0.00991. The van der Waals surface area contributed by atoms with Crippen molar-refractivity contribution in [2.45, 2.75) is 18.8 Å². The van der Waals surface area contributed by atoms with E-state index in [1.54, 1.807) is 35.2 Å². The molecule has 3 aromatic rings. The molecular weight excluding hydrogens is 417 g/mol. The third kappa shape index (κ3) is 4.75. The molecule has 156 valence electrons. The zero-order chi connectivity index (χ0) is 21.8. The molecule has 1 saturated heterocycles. The van der Waals surface area contributed by atoms with Crippen molar-refractivity contribution in [3.05, 3.63) is 75.5 Å². The van der Waals surface area contributed by atoms with E-state index in [9.17, 15) is 14.0 Å². The highest BCUT2D eigenvalue weighted by Crippen LogP contribution is 2.30. The summed E-state index contributed by atoms with van der Waals surface area (Å²) in [4.78, 5) is 27.0. The second kappa shape index (κ2) is 9.02. The third-order valence-corrected chi connectivity index (χ3v) is 6.12. The standard InChI is InChI=1S/C22H18FN5O2S/c23-17-4-1-5-18(11-17)25-19(29)21-27-26-20(31-21)16-3-2-10-28(13-16)22(30)15-8-6-14(12-24)7-9-15/h1,4-9,11,16H,2-3,10,13H2,(H,25,29)/t16-/m0/s1.